The summed E-state index contributed by atoms with van der Waals surface area (Å²) in [5, 5.41) is 4.92. The van der Waals surface area contributed by atoms with Crippen molar-refractivity contribution >= 4 is 11.6 Å². The smallest absolute Gasteiger partial charge is 0.273 e. The molecule has 0 saturated heterocycles. The van der Waals surface area contributed by atoms with Crippen LogP contribution in [0.1, 0.15) is 26.2 Å². The van der Waals surface area contributed by atoms with Gasteiger partial charge in [0.2, 0.25) is 5.91 Å². The second kappa shape index (κ2) is 3.29. The van der Waals surface area contributed by atoms with E-state index in [2.05, 4.69) is 5.10 Å². The predicted octanol–water partition coefficient (Wildman–Crippen LogP) is 1.64. The van der Waals surface area contributed by atoms with Crippen molar-refractivity contribution in [1.29, 1.82) is 0 Å². The van der Waals surface area contributed by atoms with Crippen LogP contribution in [0.2, 0.25) is 0 Å². The molecule has 0 spiro atoms. The summed E-state index contributed by atoms with van der Waals surface area (Å²) >= 11 is 0. The maximum atomic E-state index is 12.3. The quantitative estimate of drug-likeness (QED) is 0.684. The molecular formula is C9H12F2N2O. The summed E-state index contributed by atoms with van der Waals surface area (Å²) < 4.78 is 24.5. The highest BCUT2D eigenvalue weighted by atomic mass is 19.3. The highest BCUT2D eigenvalue weighted by Gasteiger charge is 2.38. The van der Waals surface area contributed by atoms with Crippen molar-refractivity contribution in [3.05, 3.63) is 0 Å². The molecule has 1 saturated carbocycles. The van der Waals surface area contributed by atoms with Crippen molar-refractivity contribution in [3.8, 4) is 0 Å². The standard InChI is InChI=1S/C9H12F2N2O/c1-5(6-2-3-6)13-8(14)4-7(12-13)9(10)11/h5-6,9H,2-4H2,1H3. The van der Waals surface area contributed by atoms with Gasteiger partial charge in [-0.25, -0.2) is 13.8 Å². The lowest BCUT2D eigenvalue weighted by molar-refractivity contribution is -0.130. The van der Waals surface area contributed by atoms with E-state index >= 15 is 0 Å². The third-order valence-corrected chi connectivity index (χ3v) is 2.77. The second-order valence-electron chi connectivity index (χ2n) is 3.89. The molecule has 78 valence electrons. The van der Waals surface area contributed by atoms with Crippen LogP contribution in [0.3, 0.4) is 0 Å². The molecule has 5 heteroatoms. The normalized spacial score (nSPS) is 24.4. The lowest BCUT2D eigenvalue weighted by atomic mass is 10.2. The van der Waals surface area contributed by atoms with Crippen LogP contribution in [-0.2, 0) is 4.79 Å². The fraction of sp³-hybridized carbons (Fsp3) is 0.778. The van der Waals surface area contributed by atoms with E-state index in [0.717, 1.165) is 12.8 Å². The summed E-state index contributed by atoms with van der Waals surface area (Å²) in [7, 11) is 0. The molecular weight excluding hydrogens is 190 g/mol. The number of hydrogen-bond acceptors (Lipinski definition) is 2. The first kappa shape index (κ1) is 9.55. The summed E-state index contributed by atoms with van der Waals surface area (Å²) in [6.07, 6.45) is -0.667. The number of carbonyl (C=O) groups excluding carboxylic acids is 1. The second-order valence-corrected chi connectivity index (χ2v) is 3.89. The third-order valence-electron chi connectivity index (χ3n) is 2.77. The molecule has 1 heterocycles. The van der Waals surface area contributed by atoms with Crippen LogP contribution >= 0.6 is 0 Å². The zero-order valence-corrected chi connectivity index (χ0v) is 7.91. The van der Waals surface area contributed by atoms with Gasteiger partial charge in [0.05, 0.1) is 12.5 Å². The van der Waals surface area contributed by atoms with E-state index in [0.29, 0.717) is 5.92 Å². The molecule has 2 aliphatic rings. The van der Waals surface area contributed by atoms with E-state index in [1.165, 1.54) is 5.01 Å². The first-order chi connectivity index (χ1) is 6.59. The first-order valence-electron chi connectivity index (χ1n) is 4.77. The number of amides is 1. The number of rotatable bonds is 3. The van der Waals surface area contributed by atoms with Gasteiger partial charge in [-0.3, -0.25) is 4.79 Å². The minimum atomic E-state index is -2.60. The number of hydrogen-bond donors (Lipinski definition) is 0. The van der Waals surface area contributed by atoms with Crippen LogP contribution in [-0.4, -0.2) is 29.1 Å². The van der Waals surface area contributed by atoms with Gasteiger partial charge in [0.25, 0.3) is 6.43 Å². The van der Waals surface area contributed by atoms with Gasteiger partial charge in [-0.15, -0.1) is 0 Å². The summed E-state index contributed by atoms with van der Waals surface area (Å²) in [5.74, 6) is 0.166. The van der Waals surface area contributed by atoms with Gasteiger partial charge in [0, 0.05) is 0 Å². The van der Waals surface area contributed by atoms with Gasteiger partial charge in [-0.1, -0.05) is 0 Å². The average molecular weight is 202 g/mol. The van der Waals surface area contributed by atoms with E-state index in [9.17, 15) is 13.6 Å². The van der Waals surface area contributed by atoms with Crippen molar-refractivity contribution in [3.63, 3.8) is 0 Å². The topological polar surface area (TPSA) is 32.7 Å². The van der Waals surface area contributed by atoms with E-state index in [1.54, 1.807) is 0 Å². The van der Waals surface area contributed by atoms with Gasteiger partial charge >= 0.3 is 0 Å². The van der Waals surface area contributed by atoms with Crippen LogP contribution < -0.4 is 0 Å². The summed E-state index contributed by atoms with van der Waals surface area (Å²) in [5.41, 5.74) is -0.289. The Hall–Kier alpha value is -1.00. The van der Waals surface area contributed by atoms with Crippen LogP contribution in [0.5, 0.6) is 0 Å². The van der Waals surface area contributed by atoms with Gasteiger partial charge in [0.15, 0.2) is 0 Å². The lowest BCUT2D eigenvalue weighted by Crippen LogP contribution is -2.32. The van der Waals surface area contributed by atoms with Crippen molar-refractivity contribution in [2.75, 3.05) is 0 Å². The summed E-state index contributed by atoms with van der Waals surface area (Å²) in [4.78, 5) is 11.3. The fourth-order valence-corrected chi connectivity index (χ4v) is 1.68. The zero-order valence-electron chi connectivity index (χ0n) is 7.91. The van der Waals surface area contributed by atoms with Crippen LogP contribution in [0, 0.1) is 5.92 Å². The van der Waals surface area contributed by atoms with E-state index in [1.807, 2.05) is 6.92 Å². The fourth-order valence-electron chi connectivity index (χ4n) is 1.68. The Balaban J connectivity index is 2.07. The largest absolute Gasteiger partial charge is 0.278 e. The van der Waals surface area contributed by atoms with Crippen LogP contribution in [0.25, 0.3) is 0 Å². The SMILES string of the molecule is CC(C1CC1)N1N=C(C(F)F)CC1=O. The molecule has 0 N–H and O–H groups in total. The molecule has 1 atom stereocenters. The Kier molecular flexibility index (Phi) is 2.25. The average Bonchev–Trinajstić information content (AvgIpc) is 2.88. The van der Waals surface area contributed by atoms with Gasteiger partial charge < -0.3 is 0 Å². The molecule has 0 aromatic carbocycles. The predicted molar refractivity (Wildman–Crippen MR) is 47.1 cm³/mol. The molecule has 1 fully saturated rings. The Morgan fingerprint density at radius 3 is 2.57 bits per heavy atom. The van der Waals surface area contributed by atoms with E-state index < -0.39 is 6.43 Å². The van der Waals surface area contributed by atoms with E-state index in [-0.39, 0.29) is 24.1 Å². The maximum absolute atomic E-state index is 12.3. The molecule has 0 aromatic heterocycles. The number of alkyl halides is 2. The molecule has 1 unspecified atom stereocenters. The van der Waals surface area contributed by atoms with Gasteiger partial charge in [0.1, 0.15) is 5.71 Å². The molecule has 1 amide bonds. The van der Waals surface area contributed by atoms with Crippen molar-refractivity contribution < 1.29 is 13.6 Å². The van der Waals surface area contributed by atoms with E-state index in [4.69, 9.17) is 0 Å². The van der Waals surface area contributed by atoms with Crippen molar-refractivity contribution in [1.82, 2.24) is 5.01 Å². The molecule has 3 nitrogen and oxygen atoms in total. The molecule has 2 rings (SSSR count). The minimum Gasteiger partial charge on any atom is -0.273 e. The number of halogens is 2. The molecule has 14 heavy (non-hydrogen) atoms. The molecule has 0 aromatic rings. The monoisotopic (exact) mass is 202 g/mol. The Labute approximate surface area is 80.8 Å². The first-order valence-corrected chi connectivity index (χ1v) is 4.77. The number of carbonyl (C=O) groups is 1. The molecule has 0 bridgehead atoms. The highest BCUT2D eigenvalue weighted by Crippen LogP contribution is 2.36. The van der Waals surface area contributed by atoms with Crippen LogP contribution in [0.4, 0.5) is 8.78 Å². The summed E-state index contributed by atoms with van der Waals surface area (Å²) in [6.45, 7) is 1.87. The molecule has 0 radical (unpaired) electrons. The minimum absolute atomic E-state index is 0.0150. The van der Waals surface area contributed by atoms with Gasteiger partial charge in [-0.05, 0) is 25.7 Å². The Morgan fingerprint density at radius 1 is 1.50 bits per heavy atom. The number of nitrogens with zero attached hydrogens (tertiary/aromatic N) is 2. The number of hydrazone groups is 1. The van der Waals surface area contributed by atoms with Gasteiger partial charge in [-0.2, -0.15) is 5.10 Å². The summed E-state index contributed by atoms with van der Waals surface area (Å²) in [6, 6.07) is -0.0150. The van der Waals surface area contributed by atoms with Crippen molar-refractivity contribution in [2.24, 2.45) is 11.0 Å². The maximum Gasteiger partial charge on any atom is 0.278 e. The van der Waals surface area contributed by atoms with Crippen LogP contribution in [0.15, 0.2) is 5.10 Å². The lowest BCUT2D eigenvalue weighted by Gasteiger charge is -2.19. The van der Waals surface area contributed by atoms with Crippen molar-refractivity contribution in [2.45, 2.75) is 38.7 Å². The Bertz CT molecular complexity index is 287. The Morgan fingerprint density at radius 2 is 2.14 bits per heavy atom. The zero-order chi connectivity index (χ0) is 10.3. The molecule has 1 aliphatic heterocycles. The third kappa shape index (κ3) is 1.63. The highest BCUT2D eigenvalue weighted by molar-refractivity contribution is 6.06. The molecule has 1 aliphatic carbocycles.